The Morgan fingerprint density at radius 2 is 1.94 bits per heavy atom. The highest BCUT2D eigenvalue weighted by molar-refractivity contribution is 5.98. The fourth-order valence-electron chi connectivity index (χ4n) is 2.68. The number of hydrogen-bond donors (Lipinski definition) is 0. The smallest absolute Gasteiger partial charge is 0.233 e. The van der Waals surface area contributed by atoms with Gasteiger partial charge in [0.25, 0.3) is 0 Å². The molecule has 0 aliphatic carbocycles. The minimum absolute atomic E-state index is 0.0138. The van der Waals surface area contributed by atoms with Crippen LogP contribution in [0.15, 0.2) is 24.3 Å². The normalized spacial score (nSPS) is 18.5. The van der Waals surface area contributed by atoms with E-state index in [-0.39, 0.29) is 17.7 Å². The summed E-state index contributed by atoms with van der Waals surface area (Å²) in [7, 11) is 0. The third kappa shape index (κ3) is 1.68. The molecular weight excluding hydrogens is 228 g/mol. The third-order valence-electron chi connectivity index (χ3n) is 3.83. The van der Waals surface area contributed by atoms with Crippen molar-refractivity contribution in [3.05, 3.63) is 29.8 Å². The topological polar surface area (TPSA) is 40.6 Å². The number of likely N-dealkylation sites (tertiary alicyclic amines) is 1. The predicted octanol–water partition coefficient (Wildman–Crippen LogP) is 1.05. The van der Waals surface area contributed by atoms with Crippen LogP contribution in [0.25, 0.3) is 0 Å². The maximum absolute atomic E-state index is 12.3. The summed E-state index contributed by atoms with van der Waals surface area (Å²) in [6, 6.07) is 8.05. The Balaban J connectivity index is 1.71. The molecule has 3 rings (SSSR count). The van der Waals surface area contributed by atoms with Gasteiger partial charge in [-0.3, -0.25) is 9.59 Å². The lowest BCUT2D eigenvalue weighted by atomic mass is 9.98. The van der Waals surface area contributed by atoms with Crippen LogP contribution in [-0.2, 0) is 16.0 Å². The molecule has 2 amide bonds. The zero-order valence-corrected chi connectivity index (χ0v) is 10.4. The Bertz CT molecular complexity index is 506. The fourth-order valence-corrected chi connectivity index (χ4v) is 2.68. The van der Waals surface area contributed by atoms with E-state index in [0.717, 1.165) is 18.7 Å². The van der Waals surface area contributed by atoms with Crippen molar-refractivity contribution in [2.75, 3.05) is 24.5 Å². The van der Waals surface area contributed by atoms with Crippen molar-refractivity contribution in [1.82, 2.24) is 4.90 Å². The van der Waals surface area contributed by atoms with Crippen LogP contribution < -0.4 is 4.90 Å². The standard InChI is InChI=1S/C14H16N2O2/c1-10(17)15-8-12(9-15)14(18)16-7-6-11-4-2-3-5-13(11)16/h2-5,12H,6-9H2,1H3. The Morgan fingerprint density at radius 3 is 2.67 bits per heavy atom. The summed E-state index contributed by atoms with van der Waals surface area (Å²) in [4.78, 5) is 27.0. The summed E-state index contributed by atoms with van der Waals surface area (Å²) in [6.07, 6.45) is 0.936. The van der Waals surface area contributed by atoms with Gasteiger partial charge in [-0.2, -0.15) is 0 Å². The maximum atomic E-state index is 12.3. The van der Waals surface area contributed by atoms with Gasteiger partial charge in [0.1, 0.15) is 0 Å². The molecule has 0 aromatic heterocycles. The number of amides is 2. The number of carbonyl (C=O) groups excluding carboxylic acids is 2. The minimum atomic E-state index is -0.0138. The molecule has 4 heteroatoms. The van der Waals surface area contributed by atoms with E-state index < -0.39 is 0 Å². The van der Waals surface area contributed by atoms with Crippen LogP contribution in [0.4, 0.5) is 5.69 Å². The van der Waals surface area contributed by atoms with Gasteiger partial charge in [0.2, 0.25) is 11.8 Å². The van der Waals surface area contributed by atoms with E-state index >= 15 is 0 Å². The van der Waals surface area contributed by atoms with E-state index in [4.69, 9.17) is 0 Å². The van der Waals surface area contributed by atoms with Crippen molar-refractivity contribution < 1.29 is 9.59 Å². The van der Waals surface area contributed by atoms with E-state index in [0.29, 0.717) is 13.1 Å². The Hall–Kier alpha value is -1.84. The summed E-state index contributed by atoms with van der Waals surface area (Å²) in [5.74, 6) is 0.207. The van der Waals surface area contributed by atoms with Crippen molar-refractivity contribution in [3.8, 4) is 0 Å². The highest BCUT2D eigenvalue weighted by Gasteiger charge is 2.38. The number of benzene rings is 1. The first-order valence-corrected chi connectivity index (χ1v) is 6.31. The number of nitrogens with zero attached hydrogens (tertiary/aromatic N) is 2. The highest BCUT2D eigenvalue weighted by atomic mass is 16.2. The summed E-state index contributed by atoms with van der Waals surface area (Å²) in [5.41, 5.74) is 2.29. The van der Waals surface area contributed by atoms with Gasteiger partial charge in [0.15, 0.2) is 0 Å². The SMILES string of the molecule is CC(=O)N1CC(C(=O)N2CCc3ccccc32)C1. The fraction of sp³-hybridized carbons (Fsp3) is 0.429. The molecule has 2 aliphatic heterocycles. The van der Waals surface area contributed by atoms with Crippen LogP contribution in [0.5, 0.6) is 0 Å². The van der Waals surface area contributed by atoms with E-state index in [1.165, 1.54) is 5.56 Å². The number of hydrogen-bond acceptors (Lipinski definition) is 2. The lowest BCUT2D eigenvalue weighted by molar-refractivity contribution is -0.140. The zero-order valence-electron chi connectivity index (χ0n) is 10.4. The van der Waals surface area contributed by atoms with Gasteiger partial charge in [0, 0.05) is 32.2 Å². The molecule has 1 aromatic rings. The van der Waals surface area contributed by atoms with Crippen molar-refractivity contribution in [3.63, 3.8) is 0 Å². The molecule has 2 heterocycles. The quantitative estimate of drug-likeness (QED) is 0.741. The van der Waals surface area contributed by atoms with Crippen molar-refractivity contribution in [2.45, 2.75) is 13.3 Å². The number of fused-ring (bicyclic) bond motifs is 1. The Labute approximate surface area is 106 Å². The average Bonchev–Trinajstić information content (AvgIpc) is 2.69. The van der Waals surface area contributed by atoms with Crippen LogP contribution in [0.3, 0.4) is 0 Å². The highest BCUT2D eigenvalue weighted by Crippen LogP contribution is 2.30. The lowest BCUT2D eigenvalue weighted by Crippen LogP contribution is -2.55. The minimum Gasteiger partial charge on any atom is -0.341 e. The first-order valence-electron chi connectivity index (χ1n) is 6.31. The van der Waals surface area contributed by atoms with E-state index in [2.05, 4.69) is 6.07 Å². The van der Waals surface area contributed by atoms with Crippen LogP contribution >= 0.6 is 0 Å². The number of anilines is 1. The molecule has 2 aliphatic rings. The Morgan fingerprint density at radius 1 is 1.22 bits per heavy atom. The van der Waals surface area contributed by atoms with Gasteiger partial charge in [-0.25, -0.2) is 0 Å². The summed E-state index contributed by atoms with van der Waals surface area (Å²) < 4.78 is 0. The second kappa shape index (κ2) is 4.12. The second-order valence-corrected chi connectivity index (χ2v) is 4.99. The molecule has 0 atom stereocenters. The van der Waals surface area contributed by atoms with Gasteiger partial charge < -0.3 is 9.80 Å². The molecule has 1 saturated heterocycles. The monoisotopic (exact) mass is 244 g/mol. The number of rotatable bonds is 1. The molecule has 0 saturated carbocycles. The molecule has 0 spiro atoms. The zero-order chi connectivity index (χ0) is 12.7. The van der Waals surface area contributed by atoms with Crippen LogP contribution in [0.1, 0.15) is 12.5 Å². The second-order valence-electron chi connectivity index (χ2n) is 4.99. The van der Waals surface area contributed by atoms with Crippen LogP contribution in [0, 0.1) is 5.92 Å². The molecule has 1 fully saturated rings. The molecule has 0 bridgehead atoms. The van der Waals surface area contributed by atoms with E-state index in [1.54, 1.807) is 11.8 Å². The van der Waals surface area contributed by atoms with Crippen molar-refractivity contribution in [2.24, 2.45) is 5.92 Å². The van der Waals surface area contributed by atoms with Gasteiger partial charge in [-0.05, 0) is 18.1 Å². The first kappa shape index (κ1) is 11.3. The molecule has 1 aromatic carbocycles. The van der Waals surface area contributed by atoms with Gasteiger partial charge in [-0.15, -0.1) is 0 Å². The summed E-state index contributed by atoms with van der Waals surface area (Å²) in [6.45, 7) is 3.47. The molecular formula is C14H16N2O2. The van der Waals surface area contributed by atoms with Crippen LogP contribution in [0.2, 0.25) is 0 Å². The predicted molar refractivity (Wildman–Crippen MR) is 68.2 cm³/mol. The average molecular weight is 244 g/mol. The summed E-state index contributed by atoms with van der Waals surface area (Å²) in [5, 5.41) is 0. The Kier molecular flexibility index (Phi) is 2.58. The maximum Gasteiger partial charge on any atom is 0.233 e. The van der Waals surface area contributed by atoms with Crippen molar-refractivity contribution >= 4 is 17.5 Å². The van der Waals surface area contributed by atoms with Crippen LogP contribution in [-0.4, -0.2) is 36.3 Å². The lowest BCUT2D eigenvalue weighted by Gasteiger charge is -2.39. The molecule has 4 nitrogen and oxygen atoms in total. The summed E-state index contributed by atoms with van der Waals surface area (Å²) >= 11 is 0. The van der Waals surface area contributed by atoms with Gasteiger partial charge in [-0.1, -0.05) is 18.2 Å². The molecule has 0 unspecified atom stereocenters. The third-order valence-corrected chi connectivity index (χ3v) is 3.83. The number of para-hydroxylation sites is 1. The largest absolute Gasteiger partial charge is 0.341 e. The molecule has 0 N–H and O–H groups in total. The number of carbonyl (C=O) groups is 2. The molecule has 94 valence electrons. The van der Waals surface area contributed by atoms with Crippen molar-refractivity contribution in [1.29, 1.82) is 0 Å². The van der Waals surface area contributed by atoms with E-state index in [1.807, 2.05) is 23.1 Å². The molecule has 0 radical (unpaired) electrons. The van der Waals surface area contributed by atoms with Gasteiger partial charge in [0.05, 0.1) is 5.92 Å². The van der Waals surface area contributed by atoms with E-state index in [9.17, 15) is 9.59 Å². The first-order chi connectivity index (χ1) is 8.66. The van der Waals surface area contributed by atoms with Gasteiger partial charge >= 0.3 is 0 Å². The molecule has 18 heavy (non-hydrogen) atoms.